The quantitative estimate of drug-likeness (QED) is 0.876. The summed E-state index contributed by atoms with van der Waals surface area (Å²) >= 11 is 0. The Hall–Kier alpha value is -1.78. The van der Waals surface area contributed by atoms with E-state index in [1.165, 1.54) is 31.7 Å². The number of carbonyl (C=O) groups is 2. The largest absolute Gasteiger partial charge is 0.478 e. The number of rotatable bonds is 5. The Morgan fingerprint density at radius 1 is 1.41 bits per heavy atom. The lowest BCUT2D eigenvalue weighted by Crippen LogP contribution is -2.40. The first kappa shape index (κ1) is 15.1. The van der Waals surface area contributed by atoms with Crippen LogP contribution in [-0.4, -0.2) is 23.0 Å². The van der Waals surface area contributed by atoms with E-state index < -0.39 is 5.97 Å². The van der Waals surface area contributed by atoms with E-state index in [9.17, 15) is 9.59 Å². The van der Waals surface area contributed by atoms with Gasteiger partial charge in [-0.3, -0.25) is 4.79 Å². The summed E-state index contributed by atoms with van der Waals surface area (Å²) in [5.74, 6) is 1.20. The third-order valence-corrected chi connectivity index (χ3v) is 5.38. The maximum atomic E-state index is 12.3. The third-order valence-electron chi connectivity index (χ3n) is 5.38. The number of furan rings is 1. The molecule has 1 heterocycles. The highest BCUT2D eigenvalue weighted by Crippen LogP contribution is 2.49. The van der Waals surface area contributed by atoms with Gasteiger partial charge in [0.2, 0.25) is 0 Å². The number of aryl methyl sites for hydroxylation is 1. The first-order valence-corrected chi connectivity index (χ1v) is 8.16. The number of carbonyl (C=O) groups excluding carboxylic acids is 1. The van der Waals surface area contributed by atoms with Crippen molar-refractivity contribution < 1.29 is 19.1 Å². The SMILES string of the molecule is CCc1oc(C(=O)NC(C)C2CC3CCC2C3)cc1C(=O)O. The summed E-state index contributed by atoms with van der Waals surface area (Å²) in [4.78, 5) is 23.5. The molecule has 4 atom stereocenters. The Morgan fingerprint density at radius 3 is 2.68 bits per heavy atom. The molecule has 0 aliphatic heterocycles. The second-order valence-corrected chi connectivity index (χ2v) is 6.71. The second-order valence-electron chi connectivity index (χ2n) is 6.71. The molecule has 5 heteroatoms. The number of nitrogens with one attached hydrogen (secondary N) is 1. The molecule has 1 amide bonds. The molecule has 1 aromatic heterocycles. The molecule has 120 valence electrons. The van der Waals surface area contributed by atoms with E-state index in [0.717, 1.165) is 11.8 Å². The van der Waals surface area contributed by atoms with Crippen LogP contribution in [0.4, 0.5) is 0 Å². The zero-order valence-electron chi connectivity index (χ0n) is 13.1. The number of fused-ring (bicyclic) bond motifs is 2. The standard InChI is InChI=1S/C17H23NO4/c1-3-14-13(17(20)21)8-15(22-14)16(19)18-9(2)12-7-10-4-5-11(12)6-10/h8-12H,3-7H2,1-2H3,(H,18,19)(H,20,21). The molecule has 0 spiro atoms. The van der Waals surface area contributed by atoms with E-state index in [4.69, 9.17) is 9.52 Å². The second kappa shape index (κ2) is 5.78. The van der Waals surface area contributed by atoms with Crippen molar-refractivity contribution in [3.05, 3.63) is 23.2 Å². The number of carboxylic acid groups (broad SMARTS) is 1. The Labute approximate surface area is 130 Å². The molecular formula is C17H23NO4. The van der Waals surface area contributed by atoms with Gasteiger partial charge >= 0.3 is 5.97 Å². The summed E-state index contributed by atoms with van der Waals surface area (Å²) in [6, 6.07) is 1.44. The fourth-order valence-corrected chi connectivity index (χ4v) is 4.28. The van der Waals surface area contributed by atoms with E-state index in [2.05, 4.69) is 5.32 Å². The number of amides is 1. The van der Waals surface area contributed by atoms with Crippen molar-refractivity contribution >= 4 is 11.9 Å². The summed E-state index contributed by atoms with van der Waals surface area (Å²) in [5.41, 5.74) is 0.0835. The van der Waals surface area contributed by atoms with Gasteiger partial charge in [-0.2, -0.15) is 0 Å². The Balaban J connectivity index is 1.68. The molecular weight excluding hydrogens is 282 g/mol. The minimum Gasteiger partial charge on any atom is -0.478 e. The average Bonchev–Trinajstić information content (AvgIpc) is 3.20. The van der Waals surface area contributed by atoms with Crippen molar-refractivity contribution in [1.29, 1.82) is 0 Å². The van der Waals surface area contributed by atoms with Gasteiger partial charge < -0.3 is 14.8 Å². The van der Waals surface area contributed by atoms with Crippen LogP contribution in [0.3, 0.4) is 0 Å². The number of hydrogen-bond acceptors (Lipinski definition) is 3. The molecule has 2 fully saturated rings. The lowest BCUT2D eigenvalue weighted by Gasteiger charge is -2.28. The highest BCUT2D eigenvalue weighted by molar-refractivity contribution is 5.96. The predicted molar refractivity (Wildman–Crippen MR) is 80.9 cm³/mol. The normalized spacial score (nSPS) is 27.8. The van der Waals surface area contributed by atoms with Gasteiger partial charge in [0.15, 0.2) is 5.76 Å². The van der Waals surface area contributed by atoms with Gasteiger partial charge in [0.05, 0.1) is 0 Å². The maximum absolute atomic E-state index is 12.3. The summed E-state index contributed by atoms with van der Waals surface area (Å²) in [6.45, 7) is 3.86. The van der Waals surface area contributed by atoms with Crippen LogP contribution in [-0.2, 0) is 6.42 Å². The molecule has 0 saturated heterocycles. The van der Waals surface area contributed by atoms with Gasteiger partial charge in [-0.1, -0.05) is 13.3 Å². The summed E-state index contributed by atoms with van der Waals surface area (Å²) in [5, 5.41) is 12.1. The molecule has 2 saturated carbocycles. The van der Waals surface area contributed by atoms with Gasteiger partial charge in [-0.05, 0) is 43.9 Å². The highest BCUT2D eigenvalue weighted by atomic mass is 16.4. The van der Waals surface area contributed by atoms with Gasteiger partial charge in [0, 0.05) is 18.5 Å². The molecule has 22 heavy (non-hydrogen) atoms. The summed E-state index contributed by atoms with van der Waals surface area (Å²) < 4.78 is 5.42. The van der Waals surface area contributed by atoms with E-state index in [1.807, 2.05) is 13.8 Å². The van der Waals surface area contributed by atoms with Crippen LogP contribution < -0.4 is 5.32 Å². The van der Waals surface area contributed by atoms with E-state index in [0.29, 0.717) is 18.1 Å². The summed E-state index contributed by atoms with van der Waals surface area (Å²) in [6.07, 6.45) is 5.57. The smallest absolute Gasteiger partial charge is 0.339 e. The first-order valence-electron chi connectivity index (χ1n) is 8.16. The number of carboxylic acids is 1. The number of hydrogen-bond donors (Lipinski definition) is 2. The number of aromatic carboxylic acids is 1. The van der Waals surface area contributed by atoms with Gasteiger partial charge in [0.1, 0.15) is 11.3 Å². The Kier molecular flexibility index (Phi) is 3.98. The molecule has 2 bridgehead atoms. The van der Waals surface area contributed by atoms with Crippen LogP contribution >= 0.6 is 0 Å². The molecule has 0 aromatic carbocycles. The lowest BCUT2D eigenvalue weighted by molar-refractivity contribution is 0.0694. The molecule has 2 aliphatic rings. The monoisotopic (exact) mass is 305 g/mol. The van der Waals surface area contributed by atoms with Crippen molar-refractivity contribution in [3.8, 4) is 0 Å². The minimum atomic E-state index is -1.05. The fraction of sp³-hybridized carbons (Fsp3) is 0.647. The Morgan fingerprint density at radius 2 is 2.18 bits per heavy atom. The fourth-order valence-electron chi connectivity index (χ4n) is 4.28. The van der Waals surface area contributed by atoms with Crippen molar-refractivity contribution in [2.45, 2.75) is 52.0 Å². The van der Waals surface area contributed by atoms with E-state index in [1.54, 1.807) is 0 Å². The van der Waals surface area contributed by atoms with Gasteiger partial charge in [-0.15, -0.1) is 0 Å². The maximum Gasteiger partial charge on any atom is 0.339 e. The summed E-state index contributed by atoms with van der Waals surface area (Å²) in [7, 11) is 0. The van der Waals surface area contributed by atoms with Crippen LogP contribution in [0.5, 0.6) is 0 Å². The molecule has 2 N–H and O–H groups in total. The molecule has 2 aliphatic carbocycles. The van der Waals surface area contributed by atoms with Crippen molar-refractivity contribution in [2.75, 3.05) is 0 Å². The van der Waals surface area contributed by atoms with Crippen molar-refractivity contribution in [1.82, 2.24) is 5.32 Å². The van der Waals surface area contributed by atoms with Crippen LogP contribution in [0, 0.1) is 17.8 Å². The zero-order valence-corrected chi connectivity index (χ0v) is 13.1. The molecule has 5 nitrogen and oxygen atoms in total. The van der Waals surface area contributed by atoms with Crippen LogP contribution in [0.15, 0.2) is 10.5 Å². The molecule has 3 rings (SSSR count). The first-order chi connectivity index (χ1) is 10.5. The van der Waals surface area contributed by atoms with Crippen LogP contribution in [0.2, 0.25) is 0 Å². The van der Waals surface area contributed by atoms with E-state index >= 15 is 0 Å². The molecule has 0 radical (unpaired) electrons. The van der Waals surface area contributed by atoms with E-state index in [-0.39, 0.29) is 23.3 Å². The van der Waals surface area contributed by atoms with Crippen LogP contribution in [0.25, 0.3) is 0 Å². The Bertz CT molecular complexity index is 591. The third kappa shape index (κ3) is 2.64. The van der Waals surface area contributed by atoms with Crippen molar-refractivity contribution in [2.24, 2.45) is 17.8 Å². The van der Waals surface area contributed by atoms with Crippen LogP contribution in [0.1, 0.15) is 66.2 Å². The molecule has 4 unspecified atom stereocenters. The molecule has 1 aromatic rings. The highest BCUT2D eigenvalue weighted by Gasteiger charge is 2.42. The average molecular weight is 305 g/mol. The van der Waals surface area contributed by atoms with Gasteiger partial charge in [-0.25, -0.2) is 4.79 Å². The zero-order chi connectivity index (χ0) is 15.9. The minimum absolute atomic E-state index is 0.0835. The lowest BCUT2D eigenvalue weighted by atomic mass is 9.84. The predicted octanol–water partition coefficient (Wildman–Crippen LogP) is 3.09. The topological polar surface area (TPSA) is 79.5 Å². The van der Waals surface area contributed by atoms with Crippen molar-refractivity contribution in [3.63, 3.8) is 0 Å². The van der Waals surface area contributed by atoms with Gasteiger partial charge in [0.25, 0.3) is 5.91 Å².